The standard InChI is InChI=1S/C22H28N2O2/c1-2-4-19(5-3-1)16-22(18-25-14-15-26-22)21-8-6-20(7-9-21)17-24-12-10-23-11-13-24/h1-2,4,6-9,14-15,23H,3,5,10-13,16-18H2. The molecule has 4 nitrogen and oxygen atoms in total. The maximum atomic E-state index is 6.16. The highest BCUT2D eigenvalue weighted by atomic mass is 16.6. The lowest BCUT2D eigenvalue weighted by molar-refractivity contribution is -0.0636. The molecule has 138 valence electrons. The molecule has 1 aromatic rings. The fourth-order valence-corrected chi connectivity index (χ4v) is 3.97. The number of hydrogen-bond donors (Lipinski definition) is 1. The van der Waals surface area contributed by atoms with E-state index in [4.69, 9.17) is 9.47 Å². The minimum atomic E-state index is -0.417. The molecule has 0 bridgehead atoms. The van der Waals surface area contributed by atoms with Gasteiger partial charge in [0.25, 0.3) is 0 Å². The van der Waals surface area contributed by atoms with E-state index in [1.807, 2.05) is 0 Å². The van der Waals surface area contributed by atoms with Gasteiger partial charge in [0.2, 0.25) is 0 Å². The summed E-state index contributed by atoms with van der Waals surface area (Å²) in [6.45, 7) is 5.98. The summed E-state index contributed by atoms with van der Waals surface area (Å²) in [5, 5.41) is 3.41. The topological polar surface area (TPSA) is 33.7 Å². The first kappa shape index (κ1) is 17.4. The Labute approximate surface area is 156 Å². The van der Waals surface area contributed by atoms with E-state index in [2.05, 4.69) is 52.7 Å². The molecular formula is C22H28N2O2. The van der Waals surface area contributed by atoms with Crippen LogP contribution in [0.15, 0.2) is 60.6 Å². The van der Waals surface area contributed by atoms with Crippen LogP contribution in [0, 0.1) is 0 Å². The van der Waals surface area contributed by atoms with Crippen LogP contribution in [0.2, 0.25) is 0 Å². The Balaban J connectivity index is 1.50. The molecule has 4 rings (SSSR count). The van der Waals surface area contributed by atoms with E-state index >= 15 is 0 Å². The minimum absolute atomic E-state index is 0.417. The normalized spacial score (nSPS) is 26.1. The van der Waals surface area contributed by atoms with Gasteiger partial charge in [-0.3, -0.25) is 4.90 Å². The molecule has 0 aromatic heterocycles. The number of piperazine rings is 1. The van der Waals surface area contributed by atoms with Gasteiger partial charge in [-0.2, -0.15) is 0 Å². The second-order valence-corrected chi connectivity index (χ2v) is 7.39. The van der Waals surface area contributed by atoms with Gasteiger partial charge >= 0.3 is 0 Å². The lowest BCUT2D eigenvalue weighted by Gasteiger charge is -2.36. The van der Waals surface area contributed by atoms with Gasteiger partial charge in [0.15, 0.2) is 5.60 Å². The van der Waals surface area contributed by atoms with Gasteiger partial charge in [-0.15, -0.1) is 0 Å². The second-order valence-electron chi connectivity index (χ2n) is 7.39. The van der Waals surface area contributed by atoms with Crippen LogP contribution in [-0.4, -0.2) is 37.7 Å². The van der Waals surface area contributed by atoms with Gasteiger partial charge in [0.1, 0.15) is 19.1 Å². The Morgan fingerprint density at radius 2 is 1.92 bits per heavy atom. The molecule has 0 saturated carbocycles. The third-order valence-corrected chi connectivity index (χ3v) is 5.47. The van der Waals surface area contributed by atoms with Crippen molar-refractivity contribution in [2.75, 3.05) is 32.8 Å². The molecule has 1 aliphatic carbocycles. The molecule has 1 atom stereocenters. The Kier molecular flexibility index (Phi) is 5.42. The fourth-order valence-electron chi connectivity index (χ4n) is 3.97. The van der Waals surface area contributed by atoms with Gasteiger partial charge < -0.3 is 14.8 Å². The summed E-state index contributed by atoms with van der Waals surface area (Å²) in [6, 6.07) is 8.93. The van der Waals surface area contributed by atoms with Crippen molar-refractivity contribution >= 4 is 0 Å². The van der Waals surface area contributed by atoms with Crippen molar-refractivity contribution < 1.29 is 9.47 Å². The molecule has 1 N–H and O–H groups in total. The maximum absolute atomic E-state index is 6.16. The number of allylic oxidation sites excluding steroid dienone is 3. The number of nitrogens with zero attached hydrogens (tertiary/aromatic N) is 1. The summed E-state index contributed by atoms with van der Waals surface area (Å²) in [5.74, 6) is 0. The molecule has 1 aromatic carbocycles. The zero-order valence-corrected chi connectivity index (χ0v) is 15.3. The monoisotopic (exact) mass is 352 g/mol. The molecular weight excluding hydrogens is 324 g/mol. The highest BCUT2D eigenvalue weighted by Crippen LogP contribution is 2.37. The van der Waals surface area contributed by atoms with Crippen molar-refractivity contribution in [1.82, 2.24) is 10.2 Å². The SMILES string of the molecule is C1=CCCC(CC2(c3ccc(CN4CCNCC4)cc3)COC=CO2)=C1. The summed E-state index contributed by atoms with van der Waals surface area (Å²) in [7, 11) is 0. The van der Waals surface area contributed by atoms with Crippen LogP contribution in [0.25, 0.3) is 0 Å². The van der Waals surface area contributed by atoms with Crippen LogP contribution in [-0.2, 0) is 21.6 Å². The third-order valence-electron chi connectivity index (χ3n) is 5.47. The van der Waals surface area contributed by atoms with E-state index in [1.54, 1.807) is 12.5 Å². The lowest BCUT2D eigenvalue weighted by Crippen LogP contribution is -2.42. The largest absolute Gasteiger partial charge is 0.493 e. The third kappa shape index (κ3) is 4.02. The quantitative estimate of drug-likeness (QED) is 0.880. The summed E-state index contributed by atoms with van der Waals surface area (Å²) in [5.41, 5.74) is 3.56. The maximum Gasteiger partial charge on any atom is 0.171 e. The number of ether oxygens (including phenoxy) is 2. The molecule has 1 unspecified atom stereocenters. The molecule has 0 radical (unpaired) electrons. The van der Waals surface area contributed by atoms with Crippen molar-refractivity contribution in [2.45, 2.75) is 31.4 Å². The summed E-state index contributed by atoms with van der Waals surface area (Å²) >= 11 is 0. The Morgan fingerprint density at radius 3 is 2.62 bits per heavy atom. The molecule has 2 aliphatic heterocycles. The summed E-state index contributed by atoms with van der Waals surface area (Å²) in [4.78, 5) is 2.50. The smallest absolute Gasteiger partial charge is 0.171 e. The van der Waals surface area contributed by atoms with Gasteiger partial charge in [-0.05, 0) is 24.0 Å². The van der Waals surface area contributed by atoms with Crippen molar-refractivity contribution in [1.29, 1.82) is 0 Å². The molecule has 26 heavy (non-hydrogen) atoms. The zero-order chi connectivity index (χ0) is 17.7. The molecule has 1 saturated heterocycles. The van der Waals surface area contributed by atoms with Gasteiger partial charge in [0.05, 0.1) is 0 Å². The number of rotatable bonds is 5. The highest BCUT2D eigenvalue weighted by molar-refractivity contribution is 5.31. The van der Waals surface area contributed by atoms with E-state index in [1.165, 1.54) is 16.7 Å². The molecule has 0 spiro atoms. The van der Waals surface area contributed by atoms with Crippen LogP contribution >= 0.6 is 0 Å². The van der Waals surface area contributed by atoms with Crippen LogP contribution < -0.4 is 5.32 Å². The van der Waals surface area contributed by atoms with Crippen molar-refractivity contribution in [2.24, 2.45) is 0 Å². The molecule has 0 amide bonds. The summed E-state index contributed by atoms with van der Waals surface area (Å²) < 4.78 is 11.8. The van der Waals surface area contributed by atoms with E-state index in [-0.39, 0.29) is 0 Å². The van der Waals surface area contributed by atoms with Crippen molar-refractivity contribution in [3.63, 3.8) is 0 Å². The van der Waals surface area contributed by atoms with Crippen molar-refractivity contribution in [3.8, 4) is 0 Å². The van der Waals surface area contributed by atoms with E-state index in [9.17, 15) is 0 Å². The van der Waals surface area contributed by atoms with Gasteiger partial charge in [-0.25, -0.2) is 0 Å². The first-order chi connectivity index (χ1) is 12.8. The zero-order valence-electron chi connectivity index (χ0n) is 15.3. The van der Waals surface area contributed by atoms with Crippen LogP contribution in [0.4, 0.5) is 0 Å². The van der Waals surface area contributed by atoms with Crippen LogP contribution in [0.3, 0.4) is 0 Å². The minimum Gasteiger partial charge on any atom is -0.493 e. The average molecular weight is 352 g/mol. The van der Waals surface area contributed by atoms with Gasteiger partial charge in [0, 0.05) is 39.1 Å². The fraction of sp³-hybridized carbons (Fsp3) is 0.455. The number of benzene rings is 1. The first-order valence-corrected chi connectivity index (χ1v) is 9.66. The average Bonchev–Trinajstić information content (AvgIpc) is 2.71. The van der Waals surface area contributed by atoms with E-state index in [0.29, 0.717) is 6.61 Å². The molecule has 4 heteroatoms. The van der Waals surface area contributed by atoms with Crippen LogP contribution in [0.5, 0.6) is 0 Å². The second kappa shape index (κ2) is 8.11. The lowest BCUT2D eigenvalue weighted by atomic mass is 9.84. The molecule has 3 aliphatic rings. The van der Waals surface area contributed by atoms with Crippen LogP contribution in [0.1, 0.15) is 30.4 Å². The number of hydrogen-bond acceptors (Lipinski definition) is 4. The summed E-state index contributed by atoms with van der Waals surface area (Å²) in [6.07, 6.45) is 13.0. The first-order valence-electron chi connectivity index (χ1n) is 9.66. The molecule has 1 fully saturated rings. The molecule has 2 heterocycles. The number of nitrogens with one attached hydrogen (secondary N) is 1. The van der Waals surface area contributed by atoms with Crippen molar-refractivity contribution in [3.05, 3.63) is 71.7 Å². The van der Waals surface area contributed by atoms with E-state index in [0.717, 1.165) is 52.0 Å². The predicted octanol–water partition coefficient (Wildman–Crippen LogP) is 3.47. The predicted molar refractivity (Wildman–Crippen MR) is 104 cm³/mol. The Morgan fingerprint density at radius 1 is 1.08 bits per heavy atom. The Hall–Kier alpha value is -2.04. The Bertz CT molecular complexity index is 687. The van der Waals surface area contributed by atoms with Gasteiger partial charge in [-0.1, -0.05) is 48.1 Å². The highest BCUT2D eigenvalue weighted by Gasteiger charge is 2.37. The van der Waals surface area contributed by atoms with E-state index < -0.39 is 5.60 Å².